The van der Waals surface area contributed by atoms with Crippen LogP contribution in [0.5, 0.6) is 0 Å². The van der Waals surface area contributed by atoms with Crippen molar-refractivity contribution in [1.29, 1.82) is 0 Å². The molecule has 0 bridgehead atoms. The zero-order valence-electron chi connectivity index (χ0n) is 15.2. The fourth-order valence-corrected chi connectivity index (χ4v) is 3.21. The van der Waals surface area contributed by atoms with Crippen molar-refractivity contribution < 1.29 is 9.72 Å². The molecular weight excluding hydrogens is 346 g/mol. The molecule has 0 radical (unpaired) electrons. The van der Waals surface area contributed by atoms with Crippen LogP contribution in [0.15, 0.2) is 48.7 Å². The van der Waals surface area contributed by atoms with E-state index in [0.29, 0.717) is 24.7 Å². The summed E-state index contributed by atoms with van der Waals surface area (Å²) in [7, 11) is 0. The Hall–Kier alpha value is -3.00. The van der Waals surface area contributed by atoms with Crippen LogP contribution < -0.4 is 10.2 Å². The third kappa shape index (κ3) is 5.01. The lowest BCUT2D eigenvalue weighted by atomic mass is 10.1. The van der Waals surface area contributed by atoms with Crippen LogP contribution >= 0.6 is 0 Å². The van der Waals surface area contributed by atoms with E-state index in [1.807, 2.05) is 18.2 Å². The van der Waals surface area contributed by atoms with E-state index < -0.39 is 4.92 Å². The molecule has 142 valence electrons. The zero-order chi connectivity index (χ0) is 19.2. The van der Waals surface area contributed by atoms with Gasteiger partial charge in [-0.05, 0) is 31.2 Å². The smallest absolute Gasteiger partial charge is 0.269 e. The summed E-state index contributed by atoms with van der Waals surface area (Å²) in [5.41, 5.74) is 0.575. The molecule has 0 saturated carbocycles. The quantitative estimate of drug-likeness (QED) is 0.621. The lowest BCUT2D eigenvalue weighted by Gasteiger charge is -2.40. The first-order chi connectivity index (χ1) is 13.0. The number of nitrogens with zero attached hydrogens (tertiary/aromatic N) is 4. The number of hydrogen-bond donors (Lipinski definition) is 1. The van der Waals surface area contributed by atoms with E-state index in [-0.39, 0.29) is 11.6 Å². The Bertz CT molecular complexity index is 782. The molecule has 1 aromatic heterocycles. The van der Waals surface area contributed by atoms with E-state index in [9.17, 15) is 14.9 Å². The van der Waals surface area contributed by atoms with Crippen LogP contribution in [0.2, 0.25) is 0 Å². The number of non-ortho nitro benzene ring substituents is 1. The molecule has 1 aliphatic rings. The maximum absolute atomic E-state index is 12.2. The van der Waals surface area contributed by atoms with Gasteiger partial charge in [0.15, 0.2) is 0 Å². The van der Waals surface area contributed by atoms with Gasteiger partial charge in [-0.25, -0.2) is 4.98 Å². The van der Waals surface area contributed by atoms with E-state index in [4.69, 9.17) is 0 Å². The monoisotopic (exact) mass is 369 g/mol. The first kappa shape index (κ1) is 18.8. The van der Waals surface area contributed by atoms with Crippen molar-refractivity contribution in [2.75, 3.05) is 36.4 Å². The Morgan fingerprint density at radius 3 is 2.67 bits per heavy atom. The molecule has 3 rings (SSSR count). The second kappa shape index (κ2) is 8.59. The fourth-order valence-electron chi connectivity index (χ4n) is 3.21. The lowest BCUT2D eigenvalue weighted by Crippen LogP contribution is -2.52. The number of nitro benzene ring substituents is 1. The lowest BCUT2D eigenvalue weighted by molar-refractivity contribution is -0.384. The predicted molar refractivity (Wildman–Crippen MR) is 104 cm³/mol. The van der Waals surface area contributed by atoms with Crippen molar-refractivity contribution in [2.45, 2.75) is 19.4 Å². The van der Waals surface area contributed by atoms with Gasteiger partial charge in [0, 0.05) is 62.7 Å². The van der Waals surface area contributed by atoms with Crippen LogP contribution in [0, 0.1) is 10.1 Å². The summed E-state index contributed by atoms with van der Waals surface area (Å²) in [5.74, 6) is 0.892. The van der Waals surface area contributed by atoms with Crippen LogP contribution in [0.25, 0.3) is 0 Å². The number of nitro groups is 1. The van der Waals surface area contributed by atoms with E-state index in [0.717, 1.165) is 25.5 Å². The molecule has 8 nitrogen and oxygen atoms in total. The maximum Gasteiger partial charge on any atom is 0.269 e. The van der Waals surface area contributed by atoms with Crippen molar-refractivity contribution in [1.82, 2.24) is 9.88 Å². The molecule has 1 N–H and O–H groups in total. The third-order valence-electron chi connectivity index (χ3n) is 4.73. The molecule has 1 aromatic carbocycles. The van der Waals surface area contributed by atoms with Gasteiger partial charge in [0.1, 0.15) is 5.82 Å². The Balaban J connectivity index is 1.46. The van der Waals surface area contributed by atoms with Gasteiger partial charge >= 0.3 is 0 Å². The minimum absolute atomic E-state index is 0.00704. The summed E-state index contributed by atoms with van der Waals surface area (Å²) in [6, 6.07) is 12.1. The van der Waals surface area contributed by atoms with Crippen molar-refractivity contribution in [3.8, 4) is 0 Å². The summed E-state index contributed by atoms with van der Waals surface area (Å²) in [5, 5.41) is 13.5. The topological polar surface area (TPSA) is 91.6 Å². The molecule has 1 amide bonds. The van der Waals surface area contributed by atoms with Crippen LogP contribution in [0.3, 0.4) is 0 Å². The number of amides is 1. The number of aromatic nitrogens is 1. The van der Waals surface area contributed by atoms with Gasteiger partial charge in [-0.3, -0.25) is 19.8 Å². The van der Waals surface area contributed by atoms with Crippen LogP contribution in [-0.2, 0) is 4.79 Å². The predicted octanol–water partition coefficient (Wildman–Crippen LogP) is 2.53. The van der Waals surface area contributed by atoms with Crippen molar-refractivity contribution in [3.05, 3.63) is 58.8 Å². The van der Waals surface area contributed by atoms with Gasteiger partial charge in [-0.2, -0.15) is 0 Å². The van der Waals surface area contributed by atoms with Gasteiger partial charge < -0.3 is 10.2 Å². The molecule has 0 aliphatic carbocycles. The maximum atomic E-state index is 12.2. The van der Waals surface area contributed by atoms with E-state index in [1.165, 1.54) is 12.1 Å². The van der Waals surface area contributed by atoms with E-state index >= 15 is 0 Å². The number of carbonyl (C=O) groups excluding carboxylic acids is 1. The van der Waals surface area contributed by atoms with Crippen LogP contribution in [0.1, 0.15) is 13.3 Å². The van der Waals surface area contributed by atoms with Crippen LogP contribution in [0.4, 0.5) is 17.2 Å². The Kier molecular flexibility index (Phi) is 5.97. The first-order valence-electron chi connectivity index (χ1n) is 8.97. The highest BCUT2D eigenvalue weighted by atomic mass is 16.6. The summed E-state index contributed by atoms with van der Waals surface area (Å²) < 4.78 is 0. The van der Waals surface area contributed by atoms with Crippen molar-refractivity contribution in [2.24, 2.45) is 0 Å². The largest absolute Gasteiger partial charge is 0.354 e. The number of anilines is 2. The van der Waals surface area contributed by atoms with Gasteiger partial charge in [0.25, 0.3) is 5.69 Å². The molecular formula is C19H23N5O3. The molecule has 27 heavy (non-hydrogen) atoms. The number of pyridine rings is 1. The molecule has 8 heteroatoms. The number of rotatable bonds is 6. The molecule has 2 aromatic rings. The van der Waals surface area contributed by atoms with E-state index in [1.54, 1.807) is 18.3 Å². The minimum atomic E-state index is -0.461. The number of nitrogens with one attached hydrogen (secondary N) is 1. The van der Waals surface area contributed by atoms with Gasteiger partial charge in [0.2, 0.25) is 5.91 Å². The summed E-state index contributed by atoms with van der Waals surface area (Å²) in [6.45, 7) is 5.47. The Labute approximate surface area is 158 Å². The minimum Gasteiger partial charge on any atom is -0.354 e. The average molecular weight is 369 g/mol. The molecule has 0 spiro atoms. The highest BCUT2D eigenvalue weighted by molar-refractivity contribution is 5.90. The summed E-state index contributed by atoms with van der Waals surface area (Å²) in [6.07, 6.45) is 2.18. The van der Waals surface area contributed by atoms with Gasteiger partial charge in [-0.1, -0.05) is 6.07 Å². The van der Waals surface area contributed by atoms with Crippen molar-refractivity contribution >= 4 is 23.1 Å². The normalized spacial score (nSPS) is 17.5. The molecule has 1 aliphatic heterocycles. The van der Waals surface area contributed by atoms with E-state index in [2.05, 4.69) is 27.0 Å². The third-order valence-corrected chi connectivity index (χ3v) is 4.73. The number of carbonyl (C=O) groups is 1. The molecule has 1 atom stereocenters. The first-order valence-corrected chi connectivity index (χ1v) is 8.97. The molecule has 1 unspecified atom stereocenters. The summed E-state index contributed by atoms with van der Waals surface area (Å²) in [4.78, 5) is 31.3. The average Bonchev–Trinajstić information content (AvgIpc) is 2.68. The number of piperazine rings is 1. The Morgan fingerprint density at radius 2 is 2.04 bits per heavy atom. The van der Waals surface area contributed by atoms with Gasteiger partial charge in [0.05, 0.1) is 4.92 Å². The van der Waals surface area contributed by atoms with Crippen LogP contribution in [-0.4, -0.2) is 52.9 Å². The highest BCUT2D eigenvalue weighted by Gasteiger charge is 2.24. The second-order valence-corrected chi connectivity index (χ2v) is 6.62. The van der Waals surface area contributed by atoms with Gasteiger partial charge in [-0.15, -0.1) is 0 Å². The summed E-state index contributed by atoms with van der Waals surface area (Å²) >= 11 is 0. The van der Waals surface area contributed by atoms with Crippen molar-refractivity contribution in [3.63, 3.8) is 0 Å². The standard InChI is InChI=1S/C19H23N5O3/c1-15-14-23(18-4-2-3-10-20-18)13-12-22(15)11-9-19(25)21-16-5-7-17(8-6-16)24(26)27/h2-8,10,15H,9,11-14H2,1H3,(H,21,25). The number of hydrogen-bond acceptors (Lipinski definition) is 6. The highest BCUT2D eigenvalue weighted by Crippen LogP contribution is 2.18. The zero-order valence-corrected chi connectivity index (χ0v) is 15.2. The molecule has 1 saturated heterocycles. The fraction of sp³-hybridized carbons (Fsp3) is 0.368. The molecule has 1 fully saturated rings. The SMILES string of the molecule is CC1CN(c2ccccn2)CCN1CCC(=O)Nc1ccc([N+](=O)[O-])cc1. The number of benzene rings is 1. The molecule has 2 heterocycles. The Morgan fingerprint density at radius 1 is 1.26 bits per heavy atom. The second-order valence-electron chi connectivity index (χ2n) is 6.62.